The first kappa shape index (κ1) is 14.7. The van der Waals surface area contributed by atoms with Gasteiger partial charge in [0.2, 0.25) is 0 Å². The molecule has 6 heteroatoms. The normalized spacial score (nSPS) is 19.4. The lowest BCUT2D eigenvalue weighted by molar-refractivity contribution is -0.141. The molecule has 118 valence electrons. The van der Waals surface area contributed by atoms with Crippen molar-refractivity contribution in [2.24, 2.45) is 0 Å². The predicted molar refractivity (Wildman–Crippen MR) is 84.2 cm³/mol. The highest BCUT2D eigenvalue weighted by atomic mass is 16.5. The van der Waals surface area contributed by atoms with Crippen LogP contribution in [0.1, 0.15) is 19.8 Å². The molecule has 6 nitrogen and oxygen atoms in total. The zero-order valence-electron chi connectivity index (χ0n) is 12.7. The molecule has 1 fully saturated rings. The first-order valence-electron chi connectivity index (χ1n) is 7.77. The second kappa shape index (κ2) is 6.25. The fraction of sp³-hybridized carbons (Fsp3) is 0.500. The zero-order chi connectivity index (χ0) is 15.5. The van der Waals surface area contributed by atoms with E-state index in [-0.39, 0.29) is 12.6 Å². The highest BCUT2D eigenvalue weighted by Gasteiger charge is 2.36. The summed E-state index contributed by atoms with van der Waals surface area (Å²) in [4.78, 5) is 28.0. The Morgan fingerprint density at radius 2 is 2.09 bits per heavy atom. The molecule has 1 aromatic rings. The van der Waals surface area contributed by atoms with Gasteiger partial charge in [-0.3, -0.25) is 9.69 Å². The first-order valence-corrected chi connectivity index (χ1v) is 7.77. The number of amides is 2. The van der Waals surface area contributed by atoms with Crippen LogP contribution in [0.5, 0.6) is 0 Å². The van der Waals surface area contributed by atoms with Crippen molar-refractivity contribution in [1.82, 2.24) is 5.32 Å². The van der Waals surface area contributed by atoms with Gasteiger partial charge in [0, 0.05) is 19.1 Å². The molecule has 1 aromatic carbocycles. The standard InChI is InChI=1S/C16H21N3O3/c1-2-22-15(20)10-17-16(21)19-11-12-6-5-9-18(12)13-7-3-4-8-14(13)19/h3-4,7-8,12H,2,5-6,9-11H2,1H3,(H,17,21)/t12-/m0/s1. The average Bonchev–Trinajstić information content (AvgIpc) is 3.01. The van der Waals surface area contributed by atoms with Crippen molar-refractivity contribution in [3.8, 4) is 0 Å². The number of anilines is 2. The molecule has 1 N–H and O–H groups in total. The highest BCUT2D eigenvalue weighted by Crippen LogP contribution is 2.39. The minimum atomic E-state index is -0.413. The number of benzene rings is 1. The van der Waals surface area contributed by atoms with Crippen molar-refractivity contribution in [3.05, 3.63) is 24.3 Å². The Morgan fingerprint density at radius 3 is 2.86 bits per heavy atom. The Kier molecular flexibility index (Phi) is 4.18. The largest absolute Gasteiger partial charge is 0.465 e. The van der Waals surface area contributed by atoms with E-state index in [0.717, 1.165) is 30.8 Å². The molecule has 0 radical (unpaired) electrons. The predicted octanol–water partition coefficient (Wildman–Crippen LogP) is 1.75. The third kappa shape index (κ3) is 2.73. The van der Waals surface area contributed by atoms with E-state index >= 15 is 0 Å². The molecule has 2 heterocycles. The van der Waals surface area contributed by atoms with Crippen LogP contribution in [0, 0.1) is 0 Å². The van der Waals surface area contributed by atoms with Gasteiger partial charge in [0.05, 0.1) is 18.0 Å². The number of fused-ring (bicyclic) bond motifs is 3. The molecule has 0 aliphatic carbocycles. The van der Waals surface area contributed by atoms with Crippen LogP contribution in [-0.2, 0) is 9.53 Å². The Hall–Kier alpha value is -2.24. The van der Waals surface area contributed by atoms with E-state index in [1.807, 2.05) is 18.2 Å². The molecule has 0 spiro atoms. The van der Waals surface area contributed by atoms with Crippen molar-refractivity contribution in [1.29, 1.82) is 0 Å². The van der Waals surface area contributed by atoms with E-state index < -0.39 is 5.97 Å². The summed E-state index contributed by atoms with van der Waals surface area (Å²) in [6.07, 6.45) is 2.24. The number of ether oxygens (including phenoxy) is 1. The molecule has 3 rings (SSSR count). The van der Waals surface area contributed by atoms with Gasteiger partial charge in [0.25, 0.3) is 0 Å². The zero-order valence-corrected chi connectivity index (χ0v) is 12.7. The molecule has 2 amide bonds. The van der Waals surface area contributed by atoms with E-state index in [2.05, 4.69) is 16.3 Å². The number of carbonyl (C=O) groups excluding carboxylic acids is 2. The van der Waals surface area contributed by atoms with Crippen LogP contribution >= 0.6 is 0 Å². The van der Waals surface area contributed by atoms with E-state index in [1.165, 1.54) is 0 Å². The molecule has 0 aromatic heterocycles. The fourth-order valence-corrected chi connectivity index (χ4v) is 3.23. The van der Waals surface area contributed by atoms with E-state index in [0.29, 0.717) is 19.2 Å². The average molecular weight is 303 g/mol. The van der Waals surface area contributed by atoms with Crippen molar-refractivity contribution < 1.29 is 14.3 Å². The third-order valence-corrected chi connectivity index (χ3v) is 4.19. The van der Waals surface area contributed by atoms with Crippen LogP contribution in [0.25, 0.3) is 0 Å². The Balaban J connectivity index is 1.75. The van der Waals surface area contributed by atoms with E-state index in [4.69, 9.17) is 4.74 Å². The molecule has 2 aliphatic rings. The summed E-state index contributed by atoms with van der Waals surface area (Å²) < 4.78 is 4.84. The lowest BCUT2D eigenvalue weighted by Gasteiger charge is -2.40. The number of nitrogens with zero attached hydrogens (tertiary/aromatic N) is 2. The van der Waals surface area contributed by atoms with Crippen LogP contribution in [0.2, 0.25) is 0 Å². The highest BCUT2D eigenvalue weighted by molar-refractivity contribution is 5.98. The number of rotatable bonds is 3. The van der Waals surface area contributed by atoms with Crippen LogP contribution in [-0.4, -0.2) is 44.3 Å². The molecule has 1 atom stereocenters. The monoisotopic (exact) mass is 303 g/mol. The van der Waals surface area contributed by atoms with Gasteiger partial charge in [-0.1, -0.05) is 12.1 Å². The Bertz CT molecular complexity index is 576. The minimum absolute atomic E-state index is 0.0975. The summed E-state index contributed by atoms with van der Waals surface area (Å²) in [5, 5.41) is 2.65. The maximum atomic E-state index is 12.4. The molecule has 0 bridgehead atoms. The molecule has 0 unspecified atom stereocenters. The maximum absolute atomic E-state index is 12.4. The van der Waals surface area contributed by atoms with Gasteiger partial charge < -0.3 is 15.0 Å². The molecular formula is C16H21N3O3. The quantitative estimate of drug-likeness (QED) is 0.864. The lowest BCUT2D eigenvalue weighted by Crippen LogP contribution is -2.52. The number of esters is 1. The van der Waals surface area contributed by atoms with E-state index in [1.54, 1.807) is 11.8 Å². The molecule has 2 aliphatic heterocycles. The number of nitrogens with one attached hydrogen (secondary N) is 1. The first-order chi connectivity index (χ1) is 10.7. The van der Waals surface area contributed by atoms with Gasteiger partial charge in [-0.05, 0) is 31.9 Å². The fourth-order valence-electron chi connectivity index (χ4n) is 3.23. The number of hydrogen-bond acceptors (Lipinski definition) is 4. The summed E-state index contributed by atoms with van der Waals surface area (Å²) in [5.74, 6) is -0.413. The van der Waals surface area contributed by atoms with Gasteiger partial charge in [-0.25, -0.2) is 4.79 Å². The second-order valence-electron chi connectivity index (χ2n) is 5.55. The van der Waals surface area contributed by atoms with E-state index in [9.17, 15) is 9.59 Å². The van der Waals surface area contributed by atoms with Crippen molar-refractivity contribution in [3.63, 3.8) is 0 Å². The third-order valence-electron chi connectivity index (χ3n) is 4.19. The summed E-state index contributed by atoms with van der Waals surface area (Å²) in [5.41, 5.74) is 2.00. The number of para-hydroxylation sites is 2. The Morgan fingerprint density at radius 1 is 1.32 bits per heavy atom. The second-order valence-corrected chi connectivity index (χ2v) is 5.55. The summed E-state index contributed by atoms with van der Waals surface area (Å²) in [7, 11) is 0. The van der Waals surface area contributed by atoms with Gasteiger partial charge in [-0.2, -0.15) is 0 Å². The summed E-state index contributed by atoms with van der Waals surface area (Å²) in [6.45, 7) is 3.67. The van der Waals surface area contributed by atoms with Crippen LogP contribution in [0.4, 0.5) is 16.2 Å². The molecule has 22 heavy (non-hydrogen) atoms. The minimum Gasteiger partial charge on any atom is -0.465 e. The number of carbonyl (C=O) groups is 2. The summed E-state index contributed by atoms with van der Waals surface area (Å²) in [6, 6.07) is 8.05. The summed E-state index contributed by atoms with van der Waals surface area (Å²) >= 11 is 0. The van der Waals surface area contributed by atoms with Gasteiger partial charge in [0.1, 0.15) is 6.54 Å². The van der Waals surface area contributed by atoms with Gasteiger partial charge in [0.15, 0.2) is 0 Å². The topological polar surface area (TPSA) is 61.9 Å². The Labute approximate surface area is 130 Å². The van der Waals surface area contributed by atoms with Crippen molar-refractivity contribution >= 4 is 23.4 Å². The maximum Gasteiger partial charge on any atom is 0.325 e. The SMILES string of the molecule is CCOC(=O)CNC(=O)N1C[C@@H]2CCCN2c2ccccc21. The van der Waals surface area contributed by atoms with Gasteiger partial charge >= 0.3 is 12.0 Å². The smallest absolute Gasteiger partial charge is 0.325 e. The van der Waals surface area contributed by atoms with Crippen molar-refractivity contribution in [2.75, 3.05) is 36.0 Å². The van der Waals surface area contributed by atoms with Crippen LogP contribution in [0.15, 0.2) is 24.3 Å². The number of hydrogen-bond donors (Lipinski definition) is 1. The lowest BCUT2D eigenvalue weighted by atomic mass is 10.1. The van der Waals surface area contributed by atoms with Crippen LogP contribution in [0.3, 0.4) is 0 Å². The number of urea groups is 1. The van der Waals surface area contributed by atoms with Crippen molar-refractivity contribution in [2.45, 2.75) is 25.8 Å². The molecule has 0 saturated carbocycles. The molecule has 1 saturated heterocycles. The molecular weight excluding hydrogens is 282 g/mol. The van der Waals surface area contributed by atoms with Gasteiger partial charge in [-0.15, -0.1) is 0 Å². The van der Waals surface area contributed by atoms with Crippen LogP contribution < -0.4 is 15.1 Å².